The third-order valence-electron chi connectivity index (χ3n) is 3.83. The molecule has 2 N–H and O–H groups in total. The predicted octanol–water partition coefficient (Wildman–Crippen LogP) is 2.46. The number of nitrogens with two attached hydrogens (primary N) is 1. The number of para-hydroxylation sites is 1. The molecule has 0 spiro atoms. The maximum Gasteiger partial charge on any atom is 0.227 e. The fraction of sp³-hybridized carbons (Fsp3) is 0.533. The van der Waals surface area contributed by atoms with Crippen LogP contribution in [0.2, 0.25) is 0 Å². The Morgan fingerprint density at radius 3 is 2.78 bits per heavy atom. The number of hydrogen-bond acceptors (Lipinski definition) is 2. The second-order valence-corrected chi connectivity index (χ2v) is 5.45. The molecule has 1 aliphatic rings. The minimum atomic E-state index is 0.201. The summed E-state index contributed by atoms with van der Waals surface area (Å²) in [6, 6.07) is 7.98. The fourth-order valence-electron chi connectivity index (χ4n) is 2.60. The van der Waals surface area contributed by atoms with Crippen molar-refractivity contribution in [1.29, 1.82) is 0 Å². The number of hydrogen-bond donors (Lipinski definition) is 1. The van der Waals surface area contributed by atoms with Crippen molar-refractivity contribution in [3.05, 3.63) is 29.8 Å². The number of carbonyl (C=O) groups excluding carboxylic acids is 1. The number of nitrogens with zero attached hydrogens (tertiary/aromatic N) is 1. The number of amides is 1. The molecule has 1 aromatic carbocycles. The number of likely N-dealkylation sites (tertiary alicyclic amines) is 1. The van der Waals surface area contributed by atoms with Crippen LogP contribution in [0.3, 0.4) is 0 Å². The van der Waals surface area contributed by atoms with Crippen LogP contribution in [0, 0.1) is 5.92 Å². The van der Waals surface area contributed by atoms with Gasteiger partial charge in [0.15, 0.2) is 0 Å². The van der Waals surface area contributed by atoms with Gasteiger partial charge in [0.1, 0.15) is 0 Å². The molecule has 0 bridgehead atoms. The summed E-state index contributed by atoms with van der Waals surface area (Å²) in [6.45, 7) is 5.23. The van der Waals surface area contributed by atoms with Crippen LogP contribution < -0.4 is 5.73 Å². The van der Waals surface area contributed by atoms with Crippen LogP contribution in [-0.2, 0) is 11.2 Å². The Morgan fingerprint density at radius 1 is 1.33 bits per heavy atom. The second kappa shape index (κ2) is 5.42. The van der Waals surface area contributed by atoms with Gasteiger partial charge in [0.25, 0.3) is 0 Å². The van der Waals surface area contributed by atoms with Gasteiger partial charge in [-0.1, -0.05) is 25.1 Å². The Morgan fingerprint density at radius 2 is 2.06 bits per heavy atom. The third kappa shape index (κ3) is 2.84. The van der Waals surface area contributed by atoms with Crippen LogP contribution >= 0.6 is 0 Å². The van der Waals surface area contributed by atoms with E-state index in [1.807, 2.05) is 29.2 Å². The highest BCUT2D eigenvalue weighted by Crippen LogP contribution is 2.23. The average molecular weight is 246 g/mol. The first kappa shape index (κ1) is 12.9. The smallest absolute Gasteiger partial charge is 0.227 e. The summed E-state index contributed by atoms with van der Waals surface area (Å²) in [5, 5.41) is 0. The Labute approximate surface area is 109 Å². The summed E-state index contributed by atoms with van der Waals surface area (Å²) in [6.07, 6.45) is 2.75. The second-order valence-electron chi connectivity index (χ2n) is 5.45. The molecule has 0 radical (unpaired) electrons. The summed E-state index contributed by atoms with van der Waals surface area (Å²) >= 11 is 0. The molecule has 0 aromatic heterocycles. The lowest BCUT2D eigenvalue weighted by Crippen LogP contribution is -2.45. The van der Waals surface area contributed by atoms with Crippen LogP contribution in [0.5, 0.6) is 0 Å². The maximum atomic E-state index is 12.3. The van der Waals surface area contributed by atoms with E-state index in [9.17, 15) is 4.79 Å². The molecule has 18 heavy (non-hydrogen) atoms. The number of benzene rings is 1. The molecule has 0 saturated carbocycles. The molecule has 1 aliphatic heterocycles. The van der Waals surface area contributed by atoms with Gasteiger partial charge in [0, 0.05) is 18.3 Å². The van der Waals surface area contributed by atoms with E-state index in [4.69, 9.17) is 5.73 Å². The van der Waals surface area contributed by atoms with Crippen molar-refractivity contribution >= 4 is 11.6 Å². The zero-order valence-corrected chi connectivity index (χ0v) is 11.2. The van der Waals surface area contributed by atoms with Gasteiger partial charge >= 0.3 is 0 Å². The van der Waals surface area contributed by atoms with E-state index >= 15 is 0 Å². The quantitative estimate of drug-likeness (QED) is 0.815. The first-order valence-electron chi connectivity index (χ1n) is 6.70. The van der Waals surface area contributed by atoms with Gasteiger partial charge < -0.3 is 10.6 Å². The lowest BCUT2D eigenvalue weighted by atomic mass is 9.94. The van der Waals surface area contributed by atoms with Crippen molar-refractivity contribution in [3.8, 4) is 0 Å². The van der Waals surface area contributed by atoms with E-state index in [-0.39, 0.29) is 5.91 Å². The van der Waals surface area contributed by atoms with Gasteiger partial charge in [-0.15, -0.1) is 0 Å². The summed E-state index contributed by atoms with van der Waals surface area (Å²) in [7, 11) is 0. The lowest BCUT2D eigenvalue weighted by Gasteiger charge is -2.37. The molecule has 2 unspecified atom stereocenters. The lowest BCUT2D eigenvalue weighted by molar-refractivity contribution is -0.134. The molecule has 2 atom stereocenters. The highest BCUT2D eigenvalue weighted by atomic mass is 16.2. The van der Waals surface area contributed by atoms with E-state index in [0.717, 1.165) is 18.5 Å². The van der Waals surface area contributed by atoms with Gasteiger partial charge in [-0.3, -0.25) is 4.79 Å². The van der Waals surface area contributed by atoms with E-state index in [1.165, 1.54) is 6.42 Å². The first-order chi connectivity index (χ1) is 8.58. The highest BCUT2D eigenvalue weighted by Gasteiger charge is 2.26. The van der Waals surface area contributed by atoms with Crippen LogP contribution in [0.25, 0.3) is 0 Å². The van der Waals surface area contributed by atoms with Gasteiger partial charge in [-0.25, -0.2) is 0 Å². The number of carbonyl (C=O) groups is 1. The number of rotatable bonds is 2. The summed E-state index contributed by atoms with van der Waals surface area (Å²) in [5.74, 6) is 0.810. The Bertz CT molecular complexity index is 430. The van der Waals surface area contributed by atoms with Crippen LogP contribution in [-0.4, -0.2) is 23.4 Å². The molecule has 0 aliphatic carbocycles. The summed E-state index contributed by atoms with van der Waals surface area (Å²) in [5.41, 5.74) is 7.54. The van der Waals surface area contributed by atoms with Crippen LogP contribution in [0.15, 0.2) is 24.3 Å². The molecule has 3 heteroatoms. The maximum absolute atomic E-state index is 12.3. The minimum Gasteiger partial charge on any atom is -0.398 e. The molecule has 2 rings (SSSR count). The first-order valence-corrected chi connectivity index (χ1v) is 6.70. The van der Waals surface area contributed by atoms with Gasteiger partial charge in [0.05, 0.1) is 6.42 Å². The molecule has 1 heterocycles. The molecule has 98 valence electrons. The van der Waals surface area contributed by atoms with Crippen molar-refractivity contribution < 1.29 is 4.79 Å². The largest absolute Gasteiger partial charge is 0.398 e. The van der Waals surface area contributed by atoms with Gasteiger partial charge in [-0.2, -0.15) is 0 Å². The molecular weight excluding hydrogens is 224 g/mol. The summed E-state index contributed by atoms with van der Waals surface area (Å²) < 4.78 is 0. The highest BCUT2D eigenvalue weighted by molar-refractivity contribution is 5.80. The molecule has 1 saturated heterocycles. The number of anilines is 1. The molecule has 3 nitrogen and oxygen atoms in total. The average Bonchev–Trinajstić information content (AvgIpc) is 2.35. The molecule has 1 amide bonds. The Kier molecular flexibility index (Phi) is 3.90. The minimum absolute atomic E-state index is 0.201. The summed E-state index contributed by atoms with van der Waals surface area (Å²) in [4.78, 5) is 14.4. The Balaban J connectivity index is 2.05. The third-order valence-corrected chi connectivity index (χ3v) is 3.83. The monoisotopic (exact) mass is 246 g/mol. The zero-order chi connectivity index (χ0) is 13.1. The van der Waals surface area contributed by atoms with Crippen molar-refractivity contribution in [1.82, 2.24) is 4.90 Å². The molecular formula is C15H22N2O. The van der Waals surface area contributed by atoms with Gasteiger partial charge in [-0.05, 0) is 37.3 Å². The van der Waals surface area contributed by atoms with Gasteiger partial charge in [0.2, 0.25) is 5.91 Å². The predicted molar refractivity (Wildman–Crippen MR) is 74.1 cm³/mol. The molecule has 1 aromatic rings. The van der Waals surface area contributed by atoms with E-state index in [2.05, 4.69) is 13.8 Å². The SMILES string of the molecule is CC1CCC(C)N(C(=O)Cc2ccccc2N)C1. The van der Waals surface area contributed by atoms with E-state index in [1.54, 1.807) is 0 Å². The van der Waals surface area contributed by atoms with Crippen LogP contribution in [0.4, 0.5) is 5.69 Å². The van der Waals surface area contributed by atoms with E-state index in [0.29, 0.717) is 24.1 Å². The van der Waals surface area contributed by atoms with Crippen molar-refractivity contribution in [3.63, 3.8) is 0 Å². The van der Waals surface area contributed by atoms with Crippen molar-refractivity contribution in [2.24, 2.45) is 5.92 Å². The van der Waals surface area contributed by atoms with E-state index < -0.39 is 0 Å². The standard InChI is InChI=1S/C15H22N2O/c1-11-7-8-12(2)17(10-11)15(18)9-13-5-3-4-6-14(13)16/h3-6,11-12H,7-10,16H2,1-2H3. The number of nitrogen functional groups attached to an aromatic ring is 1. The fourth-order valence-corrected chi connectivity index (χ4v) is 2.60. The topological polar surface area (TPSA) is 46.3 Å². The zero-order valence-electron chi connectivity index (χ0n) is 11.2. The van der Waals surface area contributed by atoms with Crippen molar-refractivity contribution in [2.75, 3.05) is 12.3 Å². The normalized spacial score (nSPS) is 24.0. The van der Waals surface area contributed by atoms with Crippen LogP contribution in [0.1, 0.15) is 32.3 Å². The Hall–Kier alpha value is -1.51. The molecule has 1 fully saturated rings. The number of piperidine rings is 1. The van der Waals surface area contributed by atoms with Crippen molar-refractivity contribution in [2.45, 2.75) is 39.2 Å².